The van der Waals surface area contributed by atoms with Gasteiger partial charge in [-0.3, -0.25) is 4.79 Å². The van der Waals surface area contributed by atoms with Gasteiger partial charge in [0, 0.05) is 0 Å². The summed E-state index contributed by atoms with van der Waals surface area (Å²) in [7, 11) is 1.50. The number of para-hydroxylation sites is 2. The summed E-state index contributed by atoms with van der Waals surface area (Å²) in [4.78, 5) is 11.4. The molecular formula is C13H18F2N2O3. The van der Waals surface area contributed by atoms with Crippen molar-refractivity contribution in [1.29, 1.82) is 0 Å². The summed E-state index contributed by atoms with van der Waals surface area (Å²) in [5, 5.41) is 2.11. The van der Waals surface area contributed by atoms with Crippen LogP contribution in [0.5, 0.6) is 11.5 Å². The minimum absolute atomic E-state index is 0.0291. The van der Waals surface area contributed by atoms with E-state index in [1.54, 1.807) is 24.3 Å². The second-order valence-corrected chi connectivity index (χ2v) is 4.09. The highest BCUT2D eigenvalue weighted by molar-refractivity contribution is 5.76. The Morgan fingerprint density at radius 1 is 1.35 bits per heavy atom. The monoisotopic (exact) mass is 288 g/mol. The van der Waals surface area contributed by atoms with Gasteiger partial charge in [0.25, 0.3) is 5.92 Å². The fourth-order valence-corrected chi connectivity index (χ4v) is 1.38. The highest BCUT2D eigenvalue weighted by Gasteiger charge is 2.26. The smallest absolute Gasteiger partial charge is 0.277 e. The quantitative estimate of drug-likeness (QED) is 0.753. The van der Waals surface area contributed by atoms with Crippen LogP contribution in [-0.4, -0.2) is 38.6 Å². The molecule has 0 saturated heterocycles. The fourth-order valence-electron chi connectivity index (χ4n) is 1.38. The summed E-state index contributed by atoms with van der Waals surface area (Å²) in [6.07, 6.45) is -0.0291. The molecule has 1 rings (SSSR count). The molecule has 7 heteroatoms. The van der Waals surface area contributed by atoms with Crippen molar-refractivity contribution in [3.05, 3.63) is 24.3 Å². The summed E-state index contributed by atoms with van der Waals surface area (Å²) in [5.41, 5.74) is 4.86. The molecule has 5 nitrogen and oxygen atoms in total. The maximum Gasteiger partial charge on any atom is 0.277 e. The van der Waals surface area contributed by atoms with Crippen molar-refractivity contribution < 1.29 is 23.0 Å². The Morgan fingerprint density at radius 2 is 2.00 bits per heavy atom. The van der Waals surface area contributed by atoms with Gasteiger partial charge >= 0.3 is 0 Å². The van der Waals surface area contributed by atoms with Crippen LogP contribution in [0.15, 0.2) is 24.3 Å². The average Bonchev–Trinajstić information content (AvgIpc) is 2.46. The van der Waals surface area contributed by atoms with E-state index in [1.165, 1.54) is 7.11 Å². The van der Waals surface area contributed by atoms with E-state index in [0.29, 0.717) is 11.5 Å². The molecule has 1 aromatic rings. The Morgan fingerprint density at radius 3 is 2.60 bits per heavy atom. The van der Waals surface area contributed by atoms with E-state index in [2.05, 4.69) is 5.32 Å². The zero-order valence-corrected chi connectivity index (χ0v) is 11.2. The van der Waals surface area contributed by atoms with E-state index < -0.39 is 24.9 Å². The first-order valence-electron chi connectivity index (χ1n) is 6.09. The van der Waals surface area contributed by atoms with Crippen LogP contribution >= 0.6 is 0 Å². The number of halogens is 2. The number of amides is 1. The predicted octanol–water partition coefficient (Wildman–Crippen LogP) is 1.17. The summed E-state index contributed by atoms with van der Waals surface area (Å²) in [5.74, 6) is -2.57. The van der Waals surface area contributed by atoms with Gasteiger partial charge in [0.15, 0.2) is 11.5 Å². The highest BCUT2D eigenvalue weighted by Crippen LogP contribution is 2.25. The summed E-state index contributed by atoms with van der Waals surface area (Å²) in [6, 6.07) is 6.96. The average molecular weight is 288 g/mol. The Labute approximate surface area is 116 Å². The molecule has 0 spiro atoms. The molecule has 0 aliphatic rings. The number of carbonyl (C=O) groups excluding carboxylic acids is 1. The number of carbonyl (C=O) groups is 1. The van der Waals surface area contributed by atoms with Gasteiger partial charge in [0.2, 0.25) is 5.91 Å². The number of ether oxygens (including phenoxy) is 2. The number of methoxy groups -OCH3 is 1. The zero-order chi connectivity index (χ0) is 15.0. The van der Waals surface area contributed by atoms with Crippen molar-refractivity contribution in [2.24, 2.45) is 5.73 Å². The molecule has 3 N–H and O–H groups in total. The molecule has 0 heterocycles. The van der Waals surface area contributed by atoms with Crippen LogP contribution in [0, 0.1) is 0 Å². The van der Waals surface area contributed by atoms with Gasteiger partial charge in [0.1, 0.15) is 0 Å². The first kappa shape index (κ1) is 16.2. The maximum absolute atomic E-state index is 12.8. The molecule has 1 aromatic carbocycles. The van der Waals surface area contributed by atoms with E-state index in [1.807, 2.05) is 0 Å². The molecule has 1 amide bonds. The second kappa shape index (κ2) is 7.64. The van der Waals surface area contributed by atoms with Gasteiger partial charge < -0.3 is 20.5 Å². The van der Waals surface area contributed by atoms with E-state index in [0.717, 1.165) is 0 Å². The van der Waals surface area contributed by atoms with Crippen molar-refractivity contribution in [2.75, 3.05) is 26.8 Å². The standard InChI is InChI=1S/C13H18F2N2O3/c1-19-10-4-2-3-5-11(10)20-7-6-12(18)17-9-13(14,15)8-16/h2-5H,6-9,16H2,1H3,(H,17,18). The van der Waals surface area contributed by atoms with Crippen molar-refractivity contribution in [3.63, 3.8) is 0 Å². The van der Waals surface area contributed by atoms with Crippen LogP contribution in [0.4, 0.5) is 8.78 Å². The Bertz CT molecular complexity index is 441. The van der Waals surface area contributed by atoms with E-state index >= 15 is 0 Å². The topological polar surface area (TPSA) is 73.6 Å². The normalized spacial score (nSPS) is 11.0. The lowest BCUT2D eigenvalue weighted by Gasteiger charge is -2.14. The third-order valence-corrected chi connectivity index (χ3v) is 2.50. The summed E-state index contributed by atoms with van der Waals surface area (Å²) >= 11 is 0. The Hall–Kier alpha value is -1.89. The molecule has 0 aromatic heterocycles. The lowest BCUT2D eigenvalue weighted by molar-refractivity contribution is -0.123. The first-order valence-corrected chi connectivity index (χ1v) is 6.09. The zero-order valence-electron chi connectivity index (χ0n) is 11.2. The molecule has 0 aliphatic heterocycles. The molecule has 0 aliphatic carbocycles. The molecule has 0 saturated carbocycles. The van der Waals surface area contributed by atoms with Gasteiger partial charge in [-0.15, -0.1) is 0 Å². The third kappa shape index (κ3) is 5.40. The summed E-state index contributed by atoms with van der Waals surface area (Å²) < 4.78 is 36.1. The van der Waals surface area contributed by atoms with E-state index in [-0.39, 0.29) is 13.0 Å². The van der Waals surface area contributed by atoms with Crippen molar-refractivity contribution in [1.82, 2.24) is 5.32 Å². The minimum Gasteiger partial charge on any atom is -0.493 e. The molecule has 20 heavy (non-hydrogen) atoms. The molecule has 0 atom stereocenters. The number of benzene rings is 1. The number of hydrogen-bond donors (Lipinski definition) is 2. The van der Waals surface area contributed by atoms with Crippen LogP contribution in [0.1, 0.15) is 6.42 Å². The van der Waals surface area contributed by atoms with Crippen LogP contribution in [0.25, 0.3) is 0 Å². The largest absolute Gasteiger partial charge is 0.493 e. The number of rotatable bonds is 8. The molecule has 0 fully saturated rings. The number of alkyl halides is 2. The highest BCUT2D eigenvalue weighted by atomic mass is 19.3. The third-order valence-electron chi connectivity index (χ3n) is 2.50. The number of hydrogen-bond acceptors (Lipinski definition) is 4. The Balaban J connectivity index is 2.32. The lowest BCUT2D eigenvalue weighted by atomic mass is 10.3. The van der Waals surface area contributed by atoms with Crippen molar-refractivity contribution >= 4 is 5.91 Å². The Kier molecular flexibility index (Phi) is 6.17. The van der Waals surface area contributed by atoms with Gasteiger partial charge in [0.05, 0.1) is 33.2 Å². The van der Waals surface area contributed by atoms with Crippen LogP contribution in [0.3, 0.4) is 0 Å². The second-order valence-electron chi connectivity index (χ2n) is 4.09. The minimum atomic E-state index is -3.08. The molecular weight excluding hydrogens is 270 g/mol. The van der Waals surface area contributed by atoms with Gasteiger partial charge in [-0.1, -0.05) is 12.1 Å². The first-order chi connectivity index (χ1) is 9.48. The predicted molar refractivity (Wildman–Crippen MR) is 70.1 cm³/mol. The molecule has 0 bridgehead atoms. The van der Waals surface area contributed by atoms with Gasteiger partial charge in [-0.05, 0) is 12.1 Å². The molecule has 0 radical (unpaired) electrons. The van der Waals surface area contributed by atoms with Crippen molar-refractivity contribution in [2.45, 2.75) is 12.3 Å². The van der Waals surface area contributed by atoms with Crippen molar-refractivity contribution in [3.8, 4) is 11.5 Å². The SMILES string of the molecule is COc1ccccc1OCCC(=O)NCC(F)(F)CN. The van der Waals surface area contributed by atoms with Crippen LogP contribution in [-0.2, 0) is 4.79 Å². The van der Waals surface area contributed by atoms with Gasteiger partial charge in [-0.2, -0.15) is 0 Å². The number of nitrogens with one attached hydrogen (secondary N) is 1. The van der Waals surface area contributed by atoms with Crippen LogP contribution < -0.4 is 20.5 Å². The lowest BCUT2D eigenvalue weighted by Crippen LogP contribution is -2.41. The molecule has 0 unspecified atom stereocenters. The van der Waals surface area contributed by atoms with Crippen LogP contribution in [0.2, 0.25) is 0 Å². The molecule has 112 valence electrons. The number of nitrogens with two attached hydrogens (primary N) is 1. The van der Waals surface area contributed by atoms with E-state index in [9.17, 15) is 13.6 Å². The van der Waals surface area contributed by atoms with Gasteiger partial charge in [-0.25, -0.2) is 8.78 Å². The fraction of sp³-hybridized carbons (Fsp3) is 0.462. The maximum atomic E-state index is 12.8. The van der Waals surface area contributed by atoms with E-state index in [4.69, 9.17) is 15.2 Å². The summed E-state index contributed by atoms with van der Waals surface area (Å²) in [6.45, 7) is -1.50.